The molecule has 150 valence electrons. The lowest BCUT2D eigenvalue weighted by molar-refractivity contribution is -0.146. The first-order chi connectivity index (χ1) is 13.6. The highest BCUT2D eigenvalue weighted by Gasteiger charge is 2.19. The highest BCUT2D eigenvalue weighted by atomic mass is 16.5. The van der Waals surface area contributed by atoms with Crippen molar-refractivity contribution in [1.82, 2.24) is 9.55 Å². The topological polar surface area (TPSA) is 70.4 Å². The molecule has 1 aliphatic rings. The molecule has 6 nitrogen and oxygen atoms in total. The first-order valence-electron chi connectivity index (χ1n) is 10.0. The fourth-order valence-corrected chi connectivity index (χ4v) is 3.60. The molecule has 3 rings (SSSR count). The van der Waals surface area contributed by atoms with Crippen molar-refractivity contribution < 1.29 is 19.1 Å². The Balaban J connectivity index is 1.45. The summed E-state index contributed by atoms with van der Waals surface area (Å²) in [5.74, 6) is -0.320. The van der Waals surface area contributed by atoms with E-state index in [0.717, 1.165) is 18.4 Å². The molecule has 2 aromatic rings. The van der Waals surface area contributed by atoms with E-state index in [9.17, 15) is 9.59 Å². The maximum absolute atomic E-state index is 12.4. The number of carbonyl (C=O) groups excluding carboxylic acids is 2. The normalized spacial score (nSPS) is 15.8. The molecular formula is C22H28N2O4. The van der Waals surface area contributed by atoms with Crippen molar-refractivity contribution in [1.29, 1.82) is 0 Å². The number of rotatable bonds is 8. The van der Waals surface area contributed by atoms with E-state index >= 15 is 0 Å². The second-order valence-electron chi connectivity index (χ2n) is 7.35. The second-order valence-corrected chi connectivity index (χ2v) is 7.35. The minimum atomic E-state index is -0.486. The van der Waals surface area contributed by atoms with Gasteiger partial charge < -0.3 is 14.0 Å². The molecule has 1 atom stereocenters. The summed E-state index contributed by atoms with van der Waals surface area (Å²) in [7, 11) is 0. The van der Waals surface area contributed by atoms with E-state index in [1.807, 2.05) is 37.3 Å². The van der Waals surface area contributed by atoms with E-state index in [1.165, 1.54) is 25.5 Å². The Labute approximate surface area is 165 Å². The zero-order valence-electron chi connectivity index (χ0n) is 16.4. The van der Waals surface area contributed by atoms with Crippen LogP contribution in [-0.2, 0) is 14.3 Å². The molecule has 1 heterocycles. The number of hydrogen-bond donors (Lipinski definition) is 0. The molecule has 0 aliphatic heterocycles. The third kappa shape index (κ3) is 5.44. The predicted octanol–water partition coefficient (Wildman–Crippen LogP) is 4.16. The van der Waals surface area contributed by atoms with Crippen LogP contribution in [0, 0.1) is 5.92 Å². The van der Waals surface area contributed by atoms with E-state index in [2.05, 4.69) is 4.98 Å². The van der Waals surface area contributed by atoms with E-state index in [1.54, 1.807) is 10.9 Å². The van der Waals surface area contributed by atoms with Gasteiger partial charge in [-0.1, -0.05) is 49.6 Å². The molecule has 0 bridgehead atoms. The van der Waals surface area contributed by atoms with Crippen molar-refractivity contribution >= 4 is 11.9 Å². The highest BCUT2D eigenvalue weighted by Crippen LogP contribution is 2.24. The summed E-state index contributed by atoms with van der Waals surface area (Å²) < 4.78 is 12.4. The molecule has 0 radical (unpaired) electrons. The van der Waals surface area contributed by atoms with Crippen LogP contribution in [0.15, 0.2) is 42.9 Å². The third-order valence-electron chi connectivity index (χ3n) is 5.32. The van der Waals surface area contributed by atoms with E-state index in [-0.39, 0.29) is 25.0 Å². The molecule has 0 amide bonds. The van der Waals surface area contributed by atoms with Gasteiger partial charge in [-0.15, -0.1) is 0 Å². The van der Waals surface area contributed by atoms with E-state index < -0.39 is 5.97 Å². The van der Waals surface area contributed by atoms with Crippen LogP contribution in [0.1, 0.15) is 67.5 Å². The maximum Gasteiger partial charge on any atom is 0.356 e. The lowest BCUT2D eigenvalue weighted by Gasteiger charge is -2.21. The quantitative estimate of drug-likeness (QED) is 0.639. The average Bonchev–Trinajstić information content (AvgIpc) is 3.23. The number of imidazole rings is 1. The van der Waals surface area contributed by atoms with Crippen molar-refractivity contribution in [2.24, 2.45) is 5.92 Å². The van der Waals surface area contributed by atoms with Crippen LogP contribution in [0.4, 0.5) is 0 Å². The zero-order valence-corrected chi connectivity index (χ0v) is 16.4. The Hall–Kier alpha value is -2.63. The van der Waals surface area contributed by atoms with E-state index in [0.29, 0.717) is 18.2 Å². The standard InChI is InChI=1S/C22H28N2O4/c1-17(19-10-6-3-7-11-19)24-16-23-14-20(24)22(26)27-13-12-21(25)28-15-18-8-4-2-5-9-18/h3,6-7,10-11,14,16-18H,2,4-5,8-9,12-13,15H2,1H3/t17-/m1/s1. The van der Waals surface area contributed by atoms with Crippen LogP contribution in [0.2, 0.25) is 0 Å². The highest BCUT2D eigenvalue weighted by molar-refractivity contribution is 5.87. The van der Waals surface area contributed by atoms with Crippen LogP contribution in [0.3, 0.4) is 0 Å². The SMILES string of the molecule is C[C@H](c1ccccc1)n1cncc1C(=O)OCCC(=O)OCC1CCCCC1. The van der Waals surface area contributed by atoms with Gasteiger partial charge in [0.2, 0.25) is 0 Å². The average molecular weight is 384 g/mol. The van der Waals surface area contributed by atoms with Gasteiger partial charge in [-0.05, 0) is 31.2 Å². The molecule has 0 N–H and O–H groups in total. The molecule has 28 heavy (non-hydrogen) atoms. The Morgan fingerprint density at radius 3 is 2.64 bits per heavy atom. The first-order valence-corrected chi connectivity index (χ1v) is 10.0. The number of aromatic nitrogens is 2. The number of carbonyl (C=O) groups is 2. The fourth-order valence-electron chi connectivity index (χ4n) is 3.60. The van der Waals surface area contributed by atoms with Crippen LogP contribution in [0.25, 0.3) is 0 Å². The van der Waals surface area contributed by atoms with Crippen LogP contribution in [-0.4, -0.2) is 34.7 Å². The van der Waals surface area contributed by atoms with Crippen molar-refractivity contribution in [3.05, 3.63) is 54.1 Å². The third-order valence-corrected chi connectivity index (χ3v) is 5.32. The van der Waals surface area contributed by atoms with Crippen LogP contribution in [0.5, 0.6) is 0 Å². The van der Waals surface area contributed by atoms with Crippen molar-refractivity contribution in [2.75, 3.05) is 13.2 Å². The minimum absolute atomic E-state index is 0.00717. The monoisotopic (exact) mass is 384 g/mol. The van der Waals surface area contributed by atoms with Crippen molar-refractivity contribution in [3.8, 4) is 0 Å². The summed E-state index contributed by atoms with van der Waals surface area (Å²) in [6.45, 7) is 2.48. The van der Waals surface area contributed by atoms with Gasteiger partial charge in [-0.3, -0.25) is 4.79 Å². The van der Waals surface area contributed by atoms with Crippen LogP contribution >= 0.6 is 0 Å². The van der Waals surface area contributed by atoms with Crippen molar-refractivity contribution in [3.63, 3.8) is 0 Å². The summed E-state index contributed by atoms with van der Waals surface area (Å²) in [4.78, 5) is 28.4. The van der Waals surface area contributed by atoms with Gasteiger partial charge in [0, 0.05) is 0 Å². The minimum Gasteiger partial charge on any atom is -0.465 e. The molecule has 1 aliphatic carbocycles. The lowest BCUT2D eigenvalue weighted by Crippen LogP contribution is -2.19. The Bertz CT molecular complexity index is 766. The first kappa shape index (κ1) is 20.1. The molecule has 0 unspecified atom stereocenters. The molecule has 0 spiro atoms. The Kier molecular flexibility index (Phi) is 7.23. The van der Waals surface area contributed by atoms with E-state index in [4.69, 9.17) is 9.47 Å². The molecule has 0 saturated heterocycles. The largest absolute Gasteiger partial charge is 0.465 e. The number of hydrogen-bond acceptors (Lipinski definition) is 5. The number of esters is 2. The van der Waals surface area contributed by atoms with Gasteiger partial charge in [-0.25, -0.2) is 9.78 Å². The molecule has 1 aromatic carbocycles. The van der Waals surface area contributed by atoms with Crippen LogP contribution < -0.4 is 0 Å². The molecule has 1 fully saturated rings. The lowest BCUT2D eigenvalue weighted by atomic mass is 9.90. The van der Waals surface area contributed by atoms with Gasteiger partial charge in [-0.2, -0.15) is 0 Å². The Morgan fingerprint density at radius 1 is 1.14 bits per heavy atom. The van der Waals surface area contributed by atoms with Gasteiger partial charge in [0.15, 0.2) is 0 Å². The predicted molar refractivity (Wildman–Crippen MR) is 105 cm³/mol. The smallest absolute Gasteiger partial charge is 0.356 e. The molecule has 1 aromatic heterocycles. The summed E-state index contributed by atoms with van der Waals surface area (Å²) in [5.41, 5.74) is 1.44. The molecule has 6 heteroatoms. The Morgan fingerprint density at radius 2 is 1.89 bits per heavy atom. The van der Waals surface area contributed by atoms with Gasteiger partial charge in [0.25, 0.3) is 0 Å². The summed E-state index contributed by atoms with van der Waals surface area (Å²) in [5, 5.41) is 0. The van der Waals surface area contributed by atoms with Gasteiger partial charge in [0.1, 0.15) is 12.3 Å². The summed E-state index contributed by atoms with van der Waals surface area (Å²) >= 11 is 0. The molecule has 1 saturated carbocycles. The number of ether oxygens (including phenoxy) is 2. The number of benzene rings is 1. The summed E-state index contributed by atoms with van der Waals surface area (Å²) in [6, 6.07) is 9.82. The second kappa shape index (κ2) is 10.1. The molecular weight excluding hydrogens is 356 g/mol. The summed E-state index contributed by atoms with van der Waals surface area (Å²) in [6.07, 6.45) is 9.15. The van der Waals surface area contributed by atoms with Crippen molar-refractivity contribution in [2.45, 2.75) is 51.5 Å². The van der Waals surface area contributed by atoms with Gasteiger partial charge >= 0.3 is 11.9 Å². The zero-order chi connectivity index (χ0) is 19.8. The fraction of sp³-hybridized carbons (Fsp3) is 0.500. The maximum atomic E-state index is 12.4. The van der Waals surface area contributed by atoms with Gasteiger partial charge in [0.05, 0.1) is 31.6 Å². The number of nitrogens with zero attached hydrogens (tertiary/aromatic N) is 2.